The van der Waals surface area contributed by atoms with E-state index in [2.05, 4.69) is 1.40 Å². The fourth-order valence-corrected chi connectivity index (χ4v) is 0. The van der Waals surface area contributed by atoms with Crippen LogP contribution >= 0.6 is 46.0 Å². The molecule has 0 aromatic rings. The molecule has 4 heteroatoms. The van der Waals surface area contributed by atoms with Crippen LogP contribution in [-0.2, 0) is 1.40 Å². The van der Waals surface area contributed by atoms with Gasteiger partial charge in [0.15, 0.2) is 0 Å². The molecule has 0 fully saturated rings. The van der Waals surface area contributed by atoms with Crippen LogP contribution < -0.4 is 0 Å². The Bertz CT molecular complexity index is 6.00. The summed E-state index contributed by atoms with van der Waals surface area (Å²) in [7, 11) is 0. The van der Waals surface area contributed by atoms with Crippen molar-refractivity contribution >= 4 is 91.5 Å². The van der Waals surface area contributed by atoms with Crippen molar-refractivity contribution in [2.45, 2.75) is 0 Å². The van der Waals surface area contributed by atoms with Gasteiger partial charge in [0.2, 0.25) is 0 Å². The largest absolute Gasteiger partial charge is 0.247 e. The third kappa shape index (κ3) is 8.86. The molecule has 0 spiro atoms. The molecular weight excluding hydrogens is 357 g/mol. The summed E-state index contributed by atoms with van der Waals surface area (Å²) in [5.41, 5.74) is 0. The number of hydrogen-bond acceptors (Lipinski definition) is 1. The van der Waals surface area contributed by atoms with Crippen LogP contribution in [0, 0.1) is 0 Å². The van der Waals surface area contributed by atoms with Gasteiger partial charge in [0.25, 0.3) is 0 Å². The van der Waals surface area contributed by atoms with Gasteiger partial charge in [-0.25, -0.2) is 1.40 Å². The van der Waals surface area contributed by atoms with Gasteiger partial charge in [-0.3, -0.25) is 0 Å². The number of rotatable bonds is 0. The first kappa shape index (κ1) is 10.0. The minimum atomic E-state index is 0. The van der Waals surface area contributed by atoms with Gasteiger partial charge in [0.05, 0.1) is 0 Å². The Hall–Kier alpha value is 2.90. The van der Waals surface area contributed by atoms with E-state index in [1.54, 1.807) is 46.0 Å². The van der Waals surface area contributed by atoms with E-state index in [0.717, 1.165) is 0 Å². The quantitative estimate of drug-likeness (QED) is 0.469. The molecular formula is I2OSr. The average Bonchev–Trinajstić information content (AvgIpc) is 0.918. The van der Waals surface area contributed by atoms with Crippen LogP contribution in [0.5, 0.6) is 0 Å². The van der Waals surface area contributed by atoms with Crippen molar-refractivity contribution < 1.29 is 1.40 Å². The third-order valence-corrected chi connectivity index (χ3v) is 0. The van der Waals surface area contributed by atoms with Gasteiger partial charge in [-0.15, -0.1) is 0 Å². The Balaban J connectivity index is 0. The van der Waals surface area contributed by atoms with E-state index in [9.17, 15) is 0 Å². The zero-order chi connectivity index (χ0) is 2.71. The maximum absolute atomic E-state index is 4.19. The molecule has 22 valence electrons. The van der Waals surface area contributed by atoms with E-state index < -0.39 is 0 Å². The fourth-order valence-electron chi connectivity index (χ4n) is 0. The molecule has 0 amide bonds. The molecule has 4 heavy (non-hydrogen) atoms. The van der Waals surface area contributed by atoms with Gasteiger partial charge in [-0.05, 0) is 0 Å². The second-order valence-electron chi connectivity index (χ2n) is 0.0583. The van der Waals surface area contributed by atoms with Crippen LogP contribution in [0.25, 0.3) is 0 Å². The van der Waals surface area contributed by atoms with E-state index in [1.165, 1.54) is 0 Å². The van der Waals surface area contributed by atoms with Crippen molar-refractivity contribution in [1.82, 2.24) is 0 Å². The first-order valence-corrected chi connectivity index (χ1v) is 2.07. The summed E-state index contributed by atoms with van der Waals surface area (Å²) in [5, 5.41) is 0. The third-order valence-electron chi connectivity index (χ3n) is 0. The zero-order valence-electron chi connectivity index (χ0n) is 1.87. The Morgan fingerprint density at radius 2 is 1.25 bits per heavy atom. The minimum Gasteiger partial charge on any atom is -0.247 e. The Morgan fingerprint density at radius 1 is 1.25 bits per heavy atom. The molecule has 0 N–H and O–H groups in total. The zero-order valence-corrected chi connectivity index (χ0v) is 9.66. The Labute approximate surface area is 90.5 Å². The molecule has 0 aromatic heterocycles. The van der Waals surface area contributed by atoms with Crippen LogP contribution in [-0.4, -0.2) is 45.5 Å². The van der Waals surface area contributed by atoms with Gasteiger partial charge in [0, 0.05) is 45.5 Å². The molecule has 0 aromatic carbocycles. The van der Waals surface area contributed by atoms with Crippen LogP contribution in [0.2, 0.25) is 0 Å². The molecule has 0 rings (SSSR count). The first-order chi connectivity index (χ1) is 1.41. The molecule has 0 aliphatic heterocycles. The van der Waals surface area contributed by atoms with Gasteiger partial charge < -0.3 is 0 Å². The SMILES string of the molecule is IOI.[Sr]. The average molecular weight is 357 g/mol. The summed E-state index contributed by atoms with van der Waals surface area (Å²) in [4.78, 5) is 0. The molecule has 0 saturated heterocycles. The first-order valence-electron chi connectivity index (χ1n) is 0.309. The number of halogens is 2. The van der Waals surface area contributed by atoms with Crippen LogP contribution in [0.15, 0.2) is 0 Å². The van der Waals surface area contributed by atoms with E-state index in [4.69, 9.17) is 0 Å². The van der Waals surface area contributed by atoms with Crippen molar-refractivity contribution in [3.05, 3.63) is 0 Å². The maximum atomic E-state index is 4.19. The Kier molecular flexibility index (Phi) is 23.3. The second kappa shape index (κ2) is 9.31. The normalized spacial score (nSPS) is 4.50. The van der Waals surface area contributed by atoms with Gasteiger partial charge >= 0.3 is 0 Å². The molecule has 0 unspecified atom stereocenters. The Morgan fingerprint density at radius 3 is 1.25 bits per heavy atom. The predicted molar refractivity (Wildman–Crippen MR) is 34.9 cm³/mol. The molecule has 0 heterocycles. The smallest absolute Gasteiger partial charge is 0.124 e. The standard InChI is InChI=1S/I2O.Sr/c1-3-2;. The minimum absolute atomic E-state index is 0. The van der Waals surface area contributed by atoms with Crippen molar-refractivity contribution in [1.29, 1.82) is 0 Å². The topological polar surface area (TPSA) is 9.23 Å². The molecule has 0 aliphatic carbocycles. The molecule has 1 nitrogen and oxygen atoms in total. The summed E-state index contributed by atoms with van der Waals surface area (Å²) < 4.78 is 4.19. The fraction of sp³-hybridized carbons (Fsp3) is 0. The van der Waals surface area contributed by atoms with Crippen molar-refractivity contribution in [3.63, 3.8) is 0 Å². The van der Waals surface area contributed by atoms with Gasteiger partial charge in [-0.2, -0.15) is 0 Å². The summed E-state index contributed by atoms with van der Waals surface area (Å²) in [5.74, 6) is 0. The maximum Gasteiger partial charge on any atom is 0.124 e. The predicted octanol–water partition coefficient (Wildman–Crippen LogP) is 1.32. The molecule has 0 saturated carbocycles. The summed E-state index contributed by atoms with van der Waals surface area (Å²) in [6, 6.07) is 0. The molecule has 0 atom stereocenters. The van der Waals surface area contributed by atoms with Crippen LogP contribution in [0.3, 0.4) is 0 Å². The van der Waals surface area contributed by atoms with E-state index in [0.29, 0.717) is 0 Å². The number of hydrogen-bond donors (Lipinski definition) is 0. The summed E-state index contributed by atoms with van der Waals surface area (Å²) in [6.07, 6.45) is 0. The molecule has 2 radical (unpaired) electrons. The van der Waals surface area contributed by atoms with Crippen LogP contribution in [0.1, 0.15) is 0 Å². The molecule has 0 bridgehead atoms. The van der Waals surface area contributed by atoms with Crippen molar-refractivity contribution in [2.75, 3.05) is 0 Å². The summed E-state index contributed by atoms with van der Waals surface area (Å²) >= 11 is 3.55. The second-order valence-corrected chi connectivity index (χ2v) is 2.62. The van der Waals surface area contributed by atoms with Gasteiger partial charge in [-0.1, -0.05) is 0 Å². The van der Waals surface area contributed by atoms with Crippen molar-refractivity contribution in [3.8, 4) is 0 Å². The monoisotopic (exact) mass is 358 g/mol. The van der Waals surface area contributed by atoms with E-state index >= 15 is 0 Å². The van der Waals surface area contributed by atoms with Gasteiger partial charge in [0.1, 0.15) is 46.0 Å². The summed E-state index contributed by atoms with van der Waals surface area (Å²) in [6.45, 7) is 0. The van der Waals surface area contributed by atoms with E-state index in [1.807, 2.05) is 0 Å². The van der Waals surface area contributed by atoms with E-state index in [-0.39, 0.29) is 45.5 Å². The molecule has 0 aliphatic rings. The van der Waals surface area contributed by atoms with Crippen molar-refractivity contribution in [2.24, 2.45) is 0 Å². The van der Waals surface area contributed by atoms with Crippen LogP contribution in [0.4, 0.5) is 0 Å².